The predicted molar refractivity (Wildman–Crippen MR) is 143 cm³/mol. The average molecular weight is 552 g/mol. The van der Waals surface area contributed by atoms with Crippen molar-refractivity contribution < 1.29 is 17.6 Å². The lowest BCUT2D eigenvalue weighted by Gasteiger charge is -2.29. The lowest BCUT2D eigenvalue weighted by molar-refractivity contribution is -0.124. The van der Waals surface area contributed by atoms with E-state index in [1.807, 2.05) is 19.1 Å². The van der Waals surface area contributed by atoms with E-state index in [4.69, 9.17) is 5.41 Å². The van der Waals surface area contributed by atoms with Crippen molar-refractivity contribution in [3.8, 4) is 0 Å². The molecule has 1 aliphatic heterocycles. The molecular formula is C27H30FN7O3S. The number of carbonyl (C=O) groups is 1. The fraction of sp³-hybridized carbons (Fsp3) is 0.407. The number of benzene rings is 2. The minimum atomic E-state index is -3.89. The highest BCUT2D eigenvalue weighted by Gasteiger charge is 2.74. The number of amides is 1. The van der Waals surface area contributed by atoms with Gasteiger partial charge in [-0.2, -0.15) is 14.2 Å². The van der Waals surface area contributed by atoms with E-state index in [1.165, 1.54) is 33.6 Å². The highest BCUT2D eigenvalue weighted by atomic mass is 32.2. The summed E-state index contributed by atoms with van der Waals surface area (Å²) in [6.45, 7) is 2.28. The molecule has 6 rings (SSSR count). The molecule has 0 spiro atoms. The molecule has 3 N–H and O–H groups in total. The predicted octanol–water partition coefficient (Wildman–Crippen LogP) is 2.86. The highest BCUT2D eigenvalue weighted by Crippen LogP contribution is 2.65. The zero-order chi connectivity index (χ0) is 27.5. The van der Waals surface area contributed by atoms with Crippen LogP contribution in [0.5, 0.6) is 0 Å². The third-order valence-corrected chi connectivity index (χ3v) is 10.1. The summed E-state index contributed by atoms with van der Waals surface area (Å²) in [6, 6.07) is 9.93. The van der Waals surface area contributed by atoms with Gasteiger partial charge < -0.3 is 16.0 Å². The number of carbonyl (C=O) groups excluding carboxylic acids is 1. The Bertz CT molecular complexity index is 1570. The Morgan fingerprint density at radius 3 is 2.59 bits per heavy atom. The highest BCUT2D eigenvalue weighted by molar-refractivity contribution is 7.89. The van der Waals surface area contributed by atoms with Gasteiger partial charge in [0.2, 0.25) is 10.9 Å². The molecule has 3 aromatic rings. The molecule has 1 saturated heterocycles. The summed E-state index contributed by atoms with van der Waals surface area (Å²) in [4.78, 5) is 14.6. The maximum absolute atomic E-state index is 13.4. The number of fused-ring (bicyclic) bond motifs is 1. The van der Waals surface area contributed by atoms with Crippen molar-refractivity contribution in [2.45, 2.75) is 42.7 Å². The van der Waals surface area contributed by atoms with Crippen molar-refractivity contribution in [1.82, 2.24) is 24.6 Å². The Hall–Kier alpha value is -3.64. The maximum Gasteiger partial charge on any atom is 0.264 e. The van der Waals surface area contributed by atoms with E-state index in [9.17, 15) is 17.6 Å². The Morgan fingerprint density at radius 2 is 1.97 bits per heavy atom. The van der Waals surface area contributed by atoms with E-state index in [1.54, 1.807) is 19.2 Å². The molecule has 3 aliphatic rings. The molecule has 10 nitrogen and oxygen atoms in total. The molecule has 2 aliphatic carbocycles. The molecule has 1 amide bonds. The molecule has 3 atom stereocenters. The summed E-state index contributed by atoms with van der Waals surface area (Å²) in [5.41, 5.74) is 2.97. The molecule has 2 saturated carbocycles. The third kappa shape index (κ3) is 4.22. The quantitative estimate of drug-likeness (QED) is 0.369. The number of anilines is 2. The van der Waals surface area contributed by atoms with Crippen molar-refractivity contribution in [2.75, 3.05) is 18.4 Å². The van der Waals surface area contributed by atoms with Gasteiger partial charge in [-0.1, -0.05) is 0 Å². The SMILES string of the molecule is Cc1cc(Nc2ccc(F)cc2)c(C=N)cc1[C@@]12CN(S(=O)(=O)c3cnn(C)n3)C[C@@H]1[C@H]2C(=O)NC1CCC1. The summed E-state index contributed by atoms with van der Waals surface area (Å²) in [6.07, 6.45) is 5.49. The van der Waals surface area contributed by atoms with Crippen LogP contribution in [0.2, 0.25) is 0 Å². The number of aromatic nitrogens is 3. The van der Waals surface area contributed by atoms with Crippen LogP contribution in [-0.4, -0.2) is 59.0 Å². The minimum Gasteiger partial charge on any atom is -0.355 e. The molecule has 12 heteroatoms. The van der Waals surface area contributed by atoms with Crippen LogP contribution in [-0.2, 0) is 27.3 Å². The van der Waals surface area contributed by atoms with E-state index < -0.39 is 15.4 Å². The molecule has 204 valence electrons. The maximum atomic E-state index is 13.4. The second-order valence-corrected chi connectivity index (χ2v) is 12.6. The van der Waals surface area contributed by atoms with Crippen molar-refractivity contribution >= 4 is 33.5 Å². The average Bonchev–Trinajstić information content (AvgIpc) is 3.16. The Balaban J connectivity index is 1.36. The number of sulfonamides is 1. The number of nitrogens with one attached hydrogen (secondary N) is 3. The van der Waals surface area contributed by atoms with E-state index in [0.717, 1.165) is 30.4 Å². The van der Waals surface area contributed by atoms with Crippen LogP contribution < -0.4 is 10.6 Å². The summed E-state index contributed by atoms with van der Waals surface area (Å²) >= 11 is 0. The van der Waals surface area contributed by atoms with Crippen LogP contribution in [0.25, 0.3) is 0 Å². The van der Waals surface area contributed by atoms with Crippen molar-refractivity contribution in [1.29, 1.82) is 5.41 Å². The zero-order valence-electron chi connectivity index (χ0n) is 21.7. The summed E-state index contributed by atoms with van der Waals surface area (Å²) < 4.78 is 41.6. The van der Waals surface area contributed by atoms with Crippen molar-refractivity contribution in [3.05, 3.63) is 65.1 Å². The fourth-order valence-corrected chi connectivity index (χ4v) is 7.60. The van der Waals surface area contributed by atoms with Gasteiger partial charge in [0.25, 0.3) is 10.0 Å². The van der Waals surface area contributed by atoms with Crippen LogP contribution in [0, 0.1) is 30.0 Å². The zero-order valence-corrected chi connectivity index (χ0v) is 22.5. The second-order valence-electron chi connectivity index (χ2n) is 10.8. The Labute approximate surface area is 226 Å². The number of piperidine rings is 1. The van der Waals surface area contributed by atoms with Gasteiger partial charge in [0.15, 0.2) is 0 Å². The molecule has 39 heavy (non-hydrogen) atoms. The summed E-state index contributed by atoms with van der Waals surface area (Å²) in [5.74, 6) is -0.936. The first kappa shape index (κ1) is 25.6. The van der Waals surface area contributed by atoms with E-state index in [0.29, 0.717) is 16.9 Å². The first-order valence-corrected chi connectivity index (χ1v) is 14.4. The molecule has 0 unspecified atom stereocenters. The number of aryl methyl sites for hydroxylation is 2. The third-order valence-electron chi connectivity index (χ3n) is 8.44. The van der Waals surface area contributed by atoms with Gasteiger partial charge in [-0.05, 0) is 79.6 Å². The standard InChI is InChI=1S/C27H30FN7O3S/c1-16-10-23(31-20-8-6-18(28)7-9-20)17(12-29)11-21(16)27-15-35(39(37,38)24-13-30-34(2)33-24)14-22(27)25(27)26(36)32-19-4-3-5-19/h6-13,19,22,25,29,31H,3-5,14-15H2,1-2H3,(H,32,36)/t22-,25+,27+/m1/s1. The van der Waals surface area contributed by atoms with Crippen LogP contribution >= 0.6 is 0 Å². The second kappa shape index (κ2) is 9.23. The van der Waals surface area contributed by atoms with Gasteiger partial charge in [-0.3, -0.25) is 4.79 Å². The smallest absolute Gasteiger partial charge is 0.264 e. The van der Waals surface area contributed by atoms with Crippen LogP contribution in [0.3, 0.4) is 0 Å². The fourth-order valence-electron chi connectivity index (χ4n) is 6.19. The number of halogens is 1. The van der Waals surface area contributed by atoms with Crippen molar-refractivity contribution in [3.63, 3.8) is 0 Å². The monoisotopic (exact) mass is 551 g/mol. The van der Waals surface area contributed by atoms with Crippen LogP contribution in [0.15, 0.2) is 47.6 Å². The van der Waals surface area contributed by atoms with Gasteiger partial charge in [0.1, 0.15) is 5.82 Å². The lowest BCUT2D eigenvalue weighted by atomic mass is 9.86. The largest absolute Gasteiger partial charge is 0.355 e. The van der Waals surface area contributed by atoms with E-state index in [-0.39, 0.29) is 47.7 Å². The molecule has 0 bridgehead atoms. The Kier molecular flexibility index (Phi) is 6.07. The number of nitrogens with zero attached hydrogens (tertiary/aromatic N) is 4. The minimum absolute atomic E-state index is 0.0365. The van der Waals surface area contributed by atoms with Gasteiger partial charge in [0.05, 0.1) is 12.1 Å². The number of rotatable bonds is 8. The summed E-state index contributed by atoms with van der Waals surface area (Å²) in [7, 11) is -2.33. The first-order valence-electron chi connectivity index (χ1n) is 13.0. The molecule has 1 aromatic heterocycles. The van der Waals surface area contributed by atoms with E-state index in [2.05, 4.69) is 20.8 Å². The normalized spacial score (nSPS) is 24.6. The van der Waals surface area contributed by atoms with Gasteiger partial charge in [0, 0.05) is 54.7 Å². The molecule has 2 aromatic carbocycles. The molecular weight excluding hydrogens is 521 g/mol. The van der Waals surface area contributed by atoms with Gasteiger partial charge in [-0.25, -0.2) is 12.8 Å². The topological polar surface area (TPSA) is 133 Å². The number of hydrogen-bond acceptors (Lipinski definition) is 7. The molecule has 0 radical (unpaired) electrons. The first-order chi connectivity index (χ1) is 18.6. The Morgan fingerprint density at radius 1 is 1.23 bits per heavy atom. The van der Waals surface area contributed by atoms with Gasteiger partial charge >= 0.3 is 0 Å². The van der Waals surface area contributed by atoms with Crippen molar-refractivity contribution in [2.24, 2.45) is 18.9 Å². The van der Waals surface area contributed by atoms with Gasteiger partial charge in [-0.15, -0.1) is 5.10 Å². The summed E-state index contributed by atoms with van der Waals surface area (Å²) in [5, 5.41) is 22.3. The van der Waals surface area contributed by atoms with Crippen LogP contribution in [0.4, 0.5) is 15.8 Å². The molecule has 3 fully saturated rings. The van der Waals surface area contributed by atoms with Crippen LogP contribution in [0.1, 0.15) is 36.0 Å². The number of hydrogen-bond donors (Lipinski definition) is 3. The lowest BCUT2D eigenvalue weighted by Crippen LogP contribution is -2.44. The van der Waals surface area contributed by atoms with E-state index >= 15 is 0 Å². The molecule has 2 heterocycles.